The summed E-state index contributed by atoms with van der Waals surface area (Å²) < 4.78 is 26.3. The summed E-state index contributed by atoms with van der Waals surface area (Å²) in [6.07, 6.45) is 2.90. The molecule has 98 valence electrons. The molecule has 0 saturated carbocycles. The van der Waals surface area contributed by atoms with Crippen molar-refractivity contribution in [3.05, 3.63) is 24.4 Å². The smallest absolute Gasteiger partial charge is 0.232 e. The number of alkyl halides is 1. The Bertz CT molecular complexity index is 624. The Kier molecular flexibility index (Phi) is 4.08. The second-order valence-electron chi connectivity index (χ2n) is 3.96. The van der Waals surface area contributed by atoms with E-state index in [-0.39, 0.29) is 5.75 Å². The number of rotatable bonds is 6. The lowest BCUT2D eigenvalue weighted by molar-refractivity contribution is 0.598. The molecule has 18 heavy (non-hydrogen) atoms. The van der Waals surface area contributed by atoms with Crippen LogP contribution in [-0.2, 0) is 10.0 Å². The molecule has 0 spiro atoms. The number of aromatic nitrogens is 2. The summed E-state index contributed by atoms with van der Waals surface area (Å²) in [7, 11) is -3.33. The molecule has 2 aromatic rings. The lowest BCUT2D eigenvalue weighted by atomic mass is 10.2. The van der Waals surface area contributed by atoms with Gasteiger partial charge in [-0.25, -0.2) is 8.42 Å². The Hall–Kier alpha value is -1.27. The van der Waals surface area contributed by atoms with E-state index in [2.05, 4.69) is 14.9 Å². The molecule has 0 radical (unpaired) electrons. The number of nitrogens with one attached hydrogen (secondary N) is 2. The van der Waals surface area contributed by atoms with Gasteiger partial charge in [0.05, 0.1) is 23.2 Å². The number of benzene rings is 1. The molecule has 0 aliphatic heterocycles. The van der Waals surface area contributed by atoms with Gasteiger partial charge >= 0.3 is 0 Å². The third kappa shape index (κ3) is 3.14. The maximum Gasteiger partial charge on any atom is 0.232 e. The standard InChI is InChI=1S/C11H14ClN3O2S/c12-6-1-2-7-18(16,17)15-10-5-3-4-9-8-13-14-11(9)10/h3-5,8,15H,1-2,6-7H2,(H,13,14). The van der Waals surface area contributed by atoms with Crippen molar-refractivity contribution in [2.45, 2.75) is 12.8 Å². The van der Waals surface area contributed by atoms with Gasteiger partial charge in [-0.2, -0.15) is 5.10 Å². The number of para-hydroxylation sites is 1. The number of anilines is 1. The Labute approximate surface area is 111 Å². The molecule has 2 N–H and O–H groups in total. The van der Waals surface area contributed by atoms with Crippen LogP contribution in [0.15, 0.2) is 24.4 Å². The molecule has 1 aromatic heterocycles. The van der Waals surface area contributed by atoms with Gasteiger partial charge in [-0.15, -0.1) is 11.6 Å². The van der Waals surface area contributed by atoms with Gasteiger partial charge in [-0.05, 0) is 18.9 Å². The summed E-state index contributed by atoms with van der Waals surface area (Å²) >= 11 is 5.53. The fraction of sp³-hybridized carbons (Fsp3) is 0.364. The second-order valence-corrected chi connectivity index (χ2v) is 6.18. The summed E-state index contributed by atoms with van der Waals surface area (Å²) in [6.45, 7) is 0. The summed E-state index contributed by atoms with van der Waals surface area (Å²) in [5.41, 5.74) is 1.22. The molecular formula is C11H14ClN3O2S. The molecular weight excluding hydrogens is 274 g/mol. The highest BCUT2D eigenvalue weighted by molar-refractivity contribution is 7.92. The molecule has 5 nitrogen and oxygen atoms in total. The number of aromatic amines is 1. The molecule has 0 amide bonds. The van der Waals surface area contributed by atoms with Crippen LogP contribution in [0.3, 0.4) is 0 Å². The molecule has 7 heteroatoms. The second kappa shape index (κ2) is 5.58. The Balaban J connectivity index is 2.15. The highest BCUT2D eigenvalue weighted by Crippen LogP contribution is 2.21. The highest BCUT2D eigenvalue weighted by atomic mass is 35.5. The Morgan fingerprint density at radius 2 is 2.17 bits per heavy atom. The van der Waals surface area contributed by atoms with Crippen molar-refractivity contribution < 1.29 is 8.42 Å². The van der Waals surface area contributed by atoms with Crippen LogP contribution in [0.25, 0.3) is 10.9 Å². The third-order valence-corrected chi connectivity index (χ3v) is 4.16. The maximum atomic E-state index is 11.9. The molecule has 1 heterocycles. The summed E-state index contributed by atoms with van der Waals surface area (Å²) in [5.74, 6) is 0.551. The number of H-pyrrole nitrogens is 1. The van der Waals surface area contributed by atoms with Crippen molar-refractivity contribution in [2.75, 3.05) is 16.4 Å². The summed E-state index contributed by atoms with van der Waals surface area (Å²) in [4.78, 5) is 0. The monoisotopic (exact) mass is 287 g/mol. The molecule has 1 aromatic carbocycles. The van der Waals surface area contributed by atoms with Crippen molar-refractivity contribution in [3.63, 3.8) is 0 Å². The van der Waals surface area contributed by atoms with Crippen molar-refractivity contribution in [1.82, 2.24) is 10.2 Å². The van der Waals surface area contributed by atoms with Gasteiger partial charge in [-0.1, -0.05) is 12.1 Å². The Morgan fingerprint density at radius 1 is 1.33 bits per heavy atom. The number of nitrogens with zero attached hydrogens (tertiary/aromatic N) is 1. The first kappa shape index (κ1) is 13.2. The minimum absolute atomic E-state index is 0.0737. The van der Waals surface area contributed by atoms with Gasteiger partial charge in [0.25, 0.3) is 0 Å². The largest absolute Gasteiger partial charge is 0.281 e. The van der Waals surface area contributed by atoms with E-state index in [1.54, 1.807) is 18.3 Å². The zero-order chi connectivity index (χ0) is 13.0. The summed E-state index contributed by atoms with van der Waals surface area (Å²) in [5, 5.41) is 7.54. The van der Waals surface area contributed by atoms with E-state index in [0.29, 0.717) is 29.9 Å². The van der Waals surface area contributed by atoms with E-state index in [4.69, 9.17) is 11.6 Å². The van der Waals surface area contributed by atoms with E-state index >= 15 is 0 Å². The predicted molar refractivity (Wildman–Crippen MR) is 73.5 cm³/mol. The van der Waals surface area contributed by atoms with Crippen molar-refractivity contribution >= 4 is 38.2 Å². The number of fused-ring (bicyclic) bond motifs is 1. The third-order valence-electron chi connectivity index (χ3n) is 2.54. The van der Waals surface area contributed by atoms with Gasteiger partial charge in [0, 0.05) is 11.3 Å². The van der Waals surface area contributed by atoms with E-state index in [9.17, 15) is 8.42 Å². The van der Waals surface area contributed by atoms with E-state index in [0.717, 1.165) is 5.39 Å². The van der Waals surface area contributed by atoms with Crippen LogP contribution >= 0.6 is 11.6 Å². The van der Waals surface area contributed by atoms with Crippen LogP contribution in [0, 0.1) is 0 Å². The van der Waals surface area contributed by atoms with Crippen LogP contribution in [0.5, 0.6) is 0 Å². The lowest BCUT2D eigenvalue weighted by Crippen LogP contribution is -2.17. The number of hydrogen-bond acceptors (Lipinski definition) is 3. The average Bonchev–Trinajstić information content (AvgIpc) is 2.78. The van der Waals surface area contributed by atoms with Crippen LogP contribution in [0.1, 0.15) is 12.8 Å². The fourth-order valence-electron chi connectivity index (χ4n) is 1.66. The minimum atomic E-state index is -3.33. The number of sulfonamides is 1. The quantitative estimate of drug-likeness (QED) is 0.632. The molecule has 0 saturated heterocycles. The van der Waals surface area contributed by atoms with Gasteiger partial charge in [-0.3, -0.25) is 9.82 Å². The average molecular weight is 288 g/mol. The molecule has 0 unspecified atom stereocenters. The molecule has 0 bridgehead atoms. The lowest BCUT2D eigenvalue weighted by Gasteiger charge is -2.08. The van der Waals surface area contributed by atoms with Gasteiger partial charge in [0.2, 0.25) is 10.0 Å². The van der Waals surface area contributed by atoms with Crippen LogP contribution in [0.4, 0.5) is 5.69 Å². The van der Waals surface area contributed by atoms with Gasteiger partial charge in [0.15, 0.2) is 0 Å². The number of unbranched alkanes of at least 4 members (excludes halogenated alkanes) is 1. The predicted octanol–water partition coefficient (Wildman–Crippen LogP) is 2.32. The van der Waals surface area contributed by atoms with E-state index in [1.165, 1.54) is 0 Å². The first-order valence-corrected chi connectivity index (χ1v) is 7.79. The van der Waals surface area contributed by atoms with Crippen LogP contribution < -0.4 is 4.72 Å². The van der Waals surface area contributed by atoms with Crippen LogP contribution in [0.2, 0.25) is 0 Å². The van der Waals surface area contributed by atoms with Gasteiger partial charge in [0.1, 0.15) is 0 Å². The number of hydrogen-bond donors (Lipinski definition) is 2. The van der Waals surface area contributed by atoms with E-state index in [1.807, 2.05) is 6.07 Å². The fourth-order valence-corrected chi connectivity index (χ4v) is 3.04. The maximum absolute atomic E-state index is 11.9. The zero-order valence-corrected chi connectivity index (χ0v) is 11.3. The van der Waals surface area contributed by atoms with Gasteiger partial charge < -0.3 is 0 Å². The number of halogens is 1. The topological polar surface area (TPSA) is 74.8 Å². The highest BCUT2D eigenvalue weighted by Gasteiger charge is 2.12. The van der Waals surface area contributed by atoms with E-state index < -0.39 is 10.0 Å². The minimum Gasteiger partial charge on any atom is -0.281 e. The molecule has 0 aliphatic carbocycles. The van der Waals surface area contributed by atoms with Crippen molar-refractivity contribution in [1.29, 1.82) is 0 Å². The zero-order valence-electron chi connectivity index (χ0n) is 9.69. The molecule has 0 aliphatic rings. The normalized spacial score (nSPS) is 11.8. The SMILES string of the molecule is O=S(=O)(CCCCCl)Nc1cccc2cn[nH]c12. The summed E-state index contributed by atoms with van der Waals surface area (Å²) in [6, 6.07) is 5.36. The molecule has 2 rings (SSSR count). The molecule has 0 fully saturated rings. The van der Waals surface area contributed by atoms with Crippen molar-refractivity contribution in [3.8, 4) is 0 Å². The first-order chi connectivity index (χ1) is 8.62. The first-order valence-electron chi connectivity index (χ1n) is 5.61. The molecule has 0 atom stereocenters. The van der Waals surface area contributed by atoms with Crippen molar-refractivity contribution in [2.24, 2.45) is 0 Å². The Morgan fingerprint density at radius 3 is 2.94 bits per heavy atom. The van der Waals surface area contributed by atoms with Crippen LogP contribution in [-0.4, -0.2) is 30.2 Å².